The largest absolute Gasteiger partial charge is 0.307 e. The van der Waals surface area contributed by atoms with E-state index in [9.17, 15) is 0 Å². The van der Waals surface area contributed by atoms with Crippen LogP contribution in [-0.4, -0.2) is 4.40 Å². The predicted molar refractivity (Wildman–Crippen MR) is 51.6 cm³/mol. The van der Waals surface area contributed by atoms with Gasteiger partial charge in [0.2, 0.25) is 0 Å². The molecule has 0 N–H and O–H groups in total. The lowest BCUT2D eigenvalue weighted by molar-refractivity contribution is 1.30. The highest BCUT2D eigenvalue weighted by Crippen LogP contribution is 2.25. The van der Waals surface area contributed by atoms with E-state index in [-0.39, 0.29) is 0 Å². The summed E-state index contributed by atoms with van der Waals surface area (Å²) in [6, 6.07) is 13.5. The van der Waals surface area contributed by atoms with E-state index < -0.39 is 0 Å². The minimum absolute atomic E-state index is 1.26. The van der Waals surface area contributed by atoms with Gasteiger partial charge < -0.3 is 4.40 Å². The van der Waals surface area contributed by atoms with Crippen LogP contribution >= 0.6 is 11.3 Å². The monoisotopic (exact) mass is 172 g/mol. The molecular formula is C10H6NS. The van der Waals surface area contributed by atoms with Gasteiger partial charge in [0.25, 0.3) is 0 Å². The maximum absolute atomic E-state index is 3.08. The topological polar surface area (TPSA) is 4.41 Å². The molecule has 12 heavy (non-hydrogen) atoms. The van der Waals surface area contributed by atoms with Crippen LogP contribution in [0.2, 0.25) is 0 Å². The molecule has 2 heterocycles. The predicted octanol–water partition coefficient (Wildman–Crippen LogP) is 2.95. The second-order valence-electron chi connectivity index (χ2n) is 2.72. The molecule has 0 atom stereocenters. The normalized spacial score (nSPS) is 11.3. The maximum Gasteiger partial charge on any atom is 0.101 e. The molecule has 0 aliphatic heterocycles. The van der Waals surface area contributed by atoms with Gasteiger partial charge in [0, 0.05) is 12.3 Å². The number of rotatable bonds is 0. The lowest BCUT2D eigenvalue weighted by atomic mass is 10.3. The van der Waals surface area contributed by atoms with Gasteiger partial charge in [0.15, 0.2) is 0 Å². The average molecular weight is 172 g/mol. The Hall–Kier alpha value is -1.28. The Labute approximate surface area is 73.9 Å². The summed E-state index contributed by atoms with van der Waals surface area (Å²) in [6.07, 6.45) is 1.98. The molecule has 2 heteroatoms. The van der Waals surface area contributed by atoms with Gasteiger partial charge >= 0.3 is 0 Å². The van der Waals surface area contributed by atoms with Crippen molar-refractivity contribution in [1.82, 2.24) is 4.40 Å². The van der Waals surface area contributed by atoms with E-state index in [1.807, 2.05) is 12.3 Å². The third-order valence-electron chi connectivity index (χ3n) is 1.99. The Morgan fingerprint density at radius 1 is 1.25 bits per heavy atom. The van der Waals surface area contributed by atoms with E-state index in [0.29, 0.717) is 0 Å². The standard InChI is InChI=1S/C10H6NS/c1-2-5-9-8(4-1)11-7-3-6-10(11)12-9/h1-2,4-7H. The number of para-hydroxylation sites is 1. The fourth-order valence-electron chi connectivity index (χ4n) is 1.44. The number of nitrogens with zero attached hydrogens (tertiary/aromatic N) is 1. The van der Waals surface area contributed by atoms with Gasteiger partial charge in [-0.3, -0.25) is 0 Å². The lowest BCUT2D eigenvalue weighted by Crippen LogP contribution is -1.73. The number of hydrogen-bond acceptors (Lipinski definition) is 1. The van der Waals surface area contributed by atoms with Crippen molar-refractivity contribution in [3.8, 4) is 0 Å². The molecule has 0 aliphatic carbocycles. The van der Waals surface area contributed by atoms with Crippen molar-refractivity contribution in [2.75, 3.05) is 0 Å². The van der Waals surface area contributed by atoms with Crippen LogP contribution in [0, 0.1) is 6.07 Å². The van der Waals surface area contributed by atoms with Gasteiger partial charge in [-0.1, -0.05) is 12.1 Å². The first-order chi connectivity index (χ1) is 5.95. The number of fused-ring (bicyclic) bond motifs is 3. The van der Waals surface area contributed by atoms with Crippen molar-refractivity contribution in [2.45, 2.75) is 0 Å². The van der Waals surface area contributed by atoms with Crippen LogP contribution in [0.25, 0.3) is 15.0 Å². The molecule has 1 nitrogen and oxygen atoms in total. The van der Waals surface area contributed by atoms with Gasteiger partial charge in [-0.25, -0.2) is 0 Å². The summed E-state index contributed by atoms with van der Waals surface area (Å²) >= 11 is 1.80. The zero-order chi connectivity index (χ0) is 7.97. The number of aromatic nitrogens is 1. The van der Waals surface area contributed by atoms with E-state index in [1.54, 1.807) is 11.3 Å². The Morgan fingerprint density at radius 3 is 3.17 bits per heavy atom. The molecular weight excluding hydrogens is 166 g/mol. The van der Waals surface area contributed by atoms with Crippen LogP contribution in [0.15, 0.2) is 36.5 Å². The van der Waals surface area contributed by atoms with Crippen molar-refractivity contribution < 1.29 is 0 Å². The Balaban J connectivity index is 2.68. The van der Waals surface area contributed by atoms with E-state index in [4.69, 9.17) is 0 Å². The summed E-state index contributed by atoms with van der Waals surface area (Å²) in [7, 11) is 0. The zero-order valence-electron chi connectivity index (χ0n) is 6.32. The Kier molecular flexibility index (Phi) is 1.10. The molecule has 0 spiro atoms. The first-order valence-electron chi connectivity index (χ1n) is 3.81. The van der Waals surface area contributed by atoms with Gasteiger partial charge in [0.05, 0.1) is 10.2 Å². The molecule has 1 radical (unpaired) electrons. The molecule has 0 bridgehead atoms. The van der Waals surface area contributed by atoms with Gasteiger partial charge in [-0.2, -0.15) is 0 Å². The molecule has 0 aliphatic rings. The number of thiazole rings is 1. The van der Waals surface area contributed by atoms with Crippen molar-refractivity contribution in [3.05, 3.63) is 42.6 Å². The molecule has 0 fully saturated rings. The maximum atomic E-state index is 3.08. The Bertz CT molecular complexity index is 532. The summed E-state index contributed by atoms with van der Waals surface area (Å²) in [5.74, 6) is 0. The van der Waals surface area contributed by atoms with Crippen molar-refractivity contribution in [2.24, 2.45) is 0 Å². The van der Waals surface area contributed by atoms with E-state index in [1.165, 1.54) is 15.0 Å². The minimum Gasteiger partial charge on any atom is -0.307 e. The molecule has 0 amide bonds. The van der Waals surface area contributed by atoms with E-state index in [2.05, 4.69) is 34.7 Å². The first-order valence-corrected chi connectivity index (χ1v) is 4.62. The lowest BCUT2D eigenvalue weighted by Gasteiger charge is -1.87. The molecule has 0 unspecified atom stereocenters. The fourth-order valence-corrected chi connectivity index (χ4v) is 2.46. The zero-order valence-corrected chi connectivity index (χ0v) is 7.14. The van der Waals surface area contributed by atoms with Crippen LogP contribution in [0.4, 0.5) is 0 Å². The van der Waals surface area contributed by atoms with Gasteiger partial charge in [-0.15, -0.1) is 11.3 Å². The highest BCUT2D eigenvalue weighted by molar-refractivity contribution is 7.23. The summed E-state index contributed by atoms with van der Waals surface area (Å²) in [6.45, 7) is 0. The van der Waals surface area contributed by atoms with Gasteiger partial charge in [0.1, 0.15) is 4.83 Å². The second-order valence-corrected chi connectivity index (χ2v) is 3.78. The summed E-state index contributed by atoms with van der Waals surface area (Å²) < 4.78 is 3.50. The molecule has 57 valence electrons. The first kappa shape index (κ1) is 6.26. The highest BCUT2D eigenvalue weighted by atomic mass is 32.1. The third kappa shape index (κ3) is 0.676. The molecule has 3 rings (SSSR count). The number of hydrogen-bond donors (Lipinski definition) is 0. The SMILES string of the molecule is [c]1cc2sc3ccccc3n2c1. The van der Waals surface area contributed by atoms with Gasteiger partial charge in [-0.05, 0) is 18.2 Å². The summed E-state index contributed by atoms with van der Waals surface area (Å²) in [5, 5.41) is 0. The minimum atomic E-state index is 1.26. The molecule has 0 saturated heterocycles. The van der Waals surface area contributed by atoms with Crippen LogP contribution in [0.1, 0.15) is 0 Å². The highest BCUT2D eigenvalue weighted by Gasteiger charge is 2.00. The molecule has 2 aromatic heterocycles. The Morgan fingerprint density at radius 2 is 2.17 bits per heavy atom. The second kappa shape index (κ2) is 2.11. The van der Waals surface area contributed by atoms with Crippen molar-refractivity contribution in [1.29, 1.82) is 0 Å². The van der Waals surface area contributed by atoms with Crippen molar-refractivity contribution >= 4 is 26.4 Å². The van der Waals surface area contributed by atoms with Crippen LogP contribution < -0.4 is 0 Å². The number of benzene rings is 1. The van der Waals surface area contributed by atoms with Crippen LogP contribution in [-0.2, 0) is 0 Å². The molecule has 0 saturated carbocycles. The van der Waals surface area contributed by atoms with E-state index >= 15 is 0 Å². The fraction of sp³-hybridized carbons (Fsp3) is 0. The summed E-state index contributed by atoms with van der Waals surface area (Å²) in [5.41, 5.74) is 1.28. The van der Waals surface area contributed by atoms with E-state index in [0.717, 1.165) is 0 Å². The third-order valence-corrected chi connectivity index (χ3v) is 3.08. The van der Waals surface area contributed by atoms with Crippen LogP contribution in [0.5, 0.6) is 0 Å². The van der Waals surface area contributed by atoms with Crippen molar-refractivity contribution in [3.63, 3.8) is 0 Å². The molecule has 1 aromatic carbocycles. The molecule has 3 aromatic rings. The average Bonchev–Trinajstić information content (AvgIpc) is 2.62. The summed E-state index contributed by atoms with van der Waals surface area (Å²) in [4.78, 5) is 1.26. The van der Waals surface area contributed by atoms with Crippen LogP contribution in [0.3, 0.4) is 0 Å². The quantitative estimate of drug-likeness (QED) is 0.491. The smallest absolute Gasteiger partial charge is 0.101 e.